The van der Waals surface area contributed by atoms with Gasteiger partial charge in [-0.25, -0.2) is 4.79 Å². The van der Waals surface area contributed by atoms with E-state index in [1.807, 2.05) is 80.6 Å². The number of fused-ring (bicyclic) bond motifs is 1. The maximum absolute atomic E-state index is 12.9. The Morgan fingerprint density at radius 1 is 0.828 bits per heavy atom. The molecule has 1 aliphatic heterocycles. The first-order chi connectivity index (χ1) is 14.0. The van der Waals surface area contributed by atoms with Gasteiger partial charge in [-0.15, -0.1) is 0 Å². The van der Waals surface area contributed by atoms with Crippen molar-refractivity contribution in [2.45, 2.75) is 20.3 Å². The number of amides is 3. The second-order valence-corrected chi connectivity index (χ2v) is 7.29. The highest BCUT2D eigenvalue weighted by atomic mass is 16.2. The zero-order valence-electron chi connectivity index (χ0n) is 16.5. The van der Waals surface area contributed by atoms with Gasteiger partial charge in [0, 0.05) is 29.2 Å². The van der Waals surface area contributed by atoms with Crippen molar-refractivity contribution >= 4 is 29.0 Å². The Hall–Kier alpha value is -3.60. The van der Waals surface area contributed by atoms with Gasteiger partial charge in [0.2, 0.25) is 0 Å². The van der Waals surface area contributed by atoms with Crippen molar-refractivity contribution < 1.29 is 9.59 Å². The first kappa shape index (κ1) is 18.7. The van der Waals surface area contributed by atoms with E-state index in [2.05, 4.69) is 10.6 Å². The Kier molecular flexibility index (Phi) is 5.04. The zero-order valence-corrected chi connectivity index (χ0v) is 16.5. The molecule has 0 aromatic heterocycles. The topological polar surface area (TPSA) is 61.4 Å². The summed E-state index contributed by atoms with van der Waals surface area (Å²) >= 11 is 0. The third-order valence-electron chi connectivity index (χ3n) is 5.27. The highest BCUT2D eigenvalue weighted by molar-refractivity contribution is 6.08. The summed E-state index contributed by atoms with van der Waals surface area (Å²) in [4.78, 5) is 27.1. The van der Waals surface area contributed by atoms with E-state index >= 15 is 0 Å². The number of aryl methyl sites for hydroxylation is 2. The molecule has 0 fully saturated rings. The smallest absolute Gasteiger partial charge is 0.308 e. The molecule has 0 spiro atoms. The molecule has 0 saturated heterocycles. The number of carbonyl (C=O) groups is 2. The minimum Gasteiger partial charge on any atom is -0.308 e. The number of carbonyl (C=O) groups excluding carboxylic acids is 2. The quantitative estimate of drug-likeness (QED) is 0.655. The van der Waals surface area contributed by atoms with Crippen LogP contribution in [0.2, 0.25) is 0 Å². The third kappa shape index (κ3) is 3.99. The molecule has 3 amide bonds. The lowest BCUT2D eigenvalue weighted by Gasteiger charge is -2.18. The first-order valence-electron chi connectivity index (χ1n) is 9.66. The minimum absolute atomic E-state index is 0.0268. The molecule has 0 bridgehead atoms. The fourth-order valence-electron chi connectivity index (χ4n) is 3.52. The fraction of sp³-hybridized carbons (Fsp3) is 0.167. The molecule has 0 saturated carbocycles. The van der Waals surface area contributed by atoms with E-state index < -0.39 is 0 Å². The number of benzene rings is 3. The second-order valence-electron chi connectivity index (χ2n) is 7.29. The maximum atomic E-state index is 12.9. The average Bonchev–Trinajstić information content (AvgIpc) is 3.14. The van der Waals surface area contributed by atoms with E-state index in [1.165, 1.54) is 5.56 Å². The van der Waals surface area contributed by atoms with Crippen LogP contribution < -0.4 is 15.5 Å². The normalized spacial score (nSPS) is 12.4. The van der Waals surface area contributed by atoms with Gasteiger partial charge in [0.15, 0.2) is 0 Å². The summed E-state index contributed by atoms with van der Waals surface area (Å²) in [7, 11) is 0. The highest BCUT2D eigenvalue weighted by Crippen LogP contribution is 2.32. The van der Waals surface area contributed by atoms with Gasteiger partial charge >= 0.3 is 6.03 Å². The first-order valence-corrected chi connectivity index (χ1v) is 9.66. The number of hydrogen-bond acceptors (Lipinski definition) is 2. The van der Waals surface area contributed by atoms with Crippen LogP contribution in [0.5, 0.6) is 0 Å². The van der Waals surface area contributed by atoms with Crippen molar-refractivity contribution in [3.63, 3.8) is 0 Å². The zero-order chi connectivity index (χ0) is 20.4. The van der Waals surface area contributed by atoms with Gasteiger partial charge in [-0.2, -0.15) is 0 Å². The summed E-state index contributed by atoms with van der Waals surface area (Å²) < 4.78 is 0. The molecular weight excluding hydrogens is 362 g/mol. The van der Waals surface area contributed by atoms with Crippen LogP contribution in [0.15, 0.2) is 66.7 Å². The standard InChI is InChI=1S/C24H23N3O2/c1-16-8-10-20(14-17(16)2)25-24(29)26-21-11-9-18-12-13-27(22(18)15-21)23(28)19-6-4-3-5-7-19/h3-11,14-15H,12-13H2,1-2H3,(H2,25,26,29). The van der Waals surface area contributed by atoms with Gasteiger partial charge in [0.05, 0.1) is 0 Å². The molecule has 5 nitrogen and oxygen atoms in total. The molecule has 2 N–H and O–H groups in total. The van der Waals surface area contributed by atoms with Crippen LogP contribution in [0.3, 0.4) is 0 Å². The van der Waals surface area contributed by atoms with Crippen molar-refractivity contribution in [1.82, 2.24) is 0 Å². The maximum Gasteiger partial charge on any atom is 0.323 e. The molecule has 0 radical (unpaired) electrons. The number of nitrogens with one attached hydrogen (secondary N) is 2. The van der Waals surface area contributed by atoms with Gasteiger partial charge in [-0.3, -0.25) is 4.79 Å². The van der Waals surface area contributed by atoms with Gasteiger partial charge in [-0.05, 0) is 73.4 Å². The lowest BCUT2D eigenvalue weighted by molar-refractivity contribution is 0.0989. The minimum atomic E-state index is -0.313. The van der Waals surface area contributed by atoms with Crippen LogP contribution in [0.25, 0.3) is 0 Å². The van der Waals surface area contributed by atoms with Crippen molar-refractivity contribution in [3.05, 3.63) is 89.0 Å². The lowest BCUT2D eigenvalue weighted by Crippen LogP contribution is -2.29. The number of hydrogen-bond donors (Lipinski definition) is 2. The van der Waals surface area contributed by atoms with Crippen LogP contribution in [0.4, 0.5) is 21.9 Å². The van der Waals surface area contributed by atoms with E-state index in [-0.39, 0.29) is 11.9 Å². The van der Waals surface area contributed by atoms with Crippen LogP contribution in [-0.4, -0.2) is 18.5 Å². The van der Waals surface area contributed by atoms with Crippen molar-refractivity contribution in [1.29, 1.82) is 0 Å². The van der Waals surface area contributed by atoms with Crippen LogP contribution in [0.1, 0.15) is 27.0 Å². The van der Waals surface area contributed by atoms with Crippen LogP contribution in [-0.2, 0) is 6.42 Å². The van der Waals surface area contributed by atoms with Crippen LogP contribution >= 0.6 is 0 Å². The monoisotopic (exact) mass is 385 g/mol. The van der Waals surface area contributed by atoms with E-state index in [9.17, 15) is 9.59 Å². The van der Waals surface area contributed by atoms with E-state index in [0.29, 0.717) is 17.8 Å². The van der Waals surface area contributed by atoms with Crippen molar-refractivity contribution in [2.24, 2.45) is 0 Å². The summed E-state index contributed by atoms with van der Waals surface area (Å²) in [6.07, 6.45) is 0.809. The molecule has 3 aromatic carbocycles. The van der Waals surface area contributed by atoms with Crippen molar-refractivity contribution in [3.8, 4) is 0 Å². The highest BCUT2D eigenvalue weighted by Gasteiger charge is 2.25. The fourth-order valence-corrected chi connectivity index (χ4v) is 3.52. The number of nitrogens with zero attached hydrogens (tertiary/aromatic N) is 1. The molecule has 5 heteroatoms. The Bertz CT molecular complexity index is 1080. The molecule has 0 atom stereocenters. The van der Waals surface area contributed by atoms with E-state index in [0.717, 1.165) is 28.9 Å². The summed E-state index contributed by atoms with van der Waals surface area (Å²) in [6, 6.07) is 20.4. The van der Waals surface area contributed by atoms with Gasteiger partial charge in [0.1, 0.15) is 0 Å². The molecule has 146 valence electrons. The second kappa shape index (κ2) is 7.80. The van der Waals surface area contributed by atoms with E-state index in [1.54, 1.807) is 4.90 Å². The Morgan fingerprint density at radius 3 is 2.24 bits per heavy atom. The average molecular weight is 385 g/mol. The number of anilines is 3. The summed E-state index contributed by atoms with van der Waals surface area (Å²) in [5.74, 6) is -0.0268. The van der Waals surface area contributed by atoms with Gasteiger partial charge in [0.25, 0.3) is 5.91 Å². The Labute approximate surface area is 170 Å². The van der Waals surface area contributed by atoms with Crippen molar-refractivity contribution in [2.75, 3.05) is 22.1 Å². The SMILES string of the molecule is Cc1ccc(NC(=O)Nc2ccc3c(c2)N(C(=O)c2ccccc2)CC3)cc1C. The lowest BCUT2D eigenvalue weighted by atomic mass is 10.1. The summed E-state index contributed by atoms with van der Waals surface area (Å²) in [6.45, 7) is 4.69. The third-order valence-corrected chi connectivity index (χ3v) is 5.27. The molecule has 3 aromatic rings. The Morgan fingerprint density at radius 2 is 1.52 bits per heavy atom. The predicted octanol–water partition coefficient (Wildman–Crippen LogP) is 5.15. The molecule has 4 rings (SSSR count). The largest absolute Gasteiger partial charge is 0.323 e. The molecule has 29 heavy (non-hydrogen) atoms. The van der Waals surface area contributed by atoms with Gasteiger partial charge in [-0.1, -0.05) is 30.3 Å². The molecule has 0 aliphatic carbocycles. The van der Waals surface area contributed by atoms with E-state index in [4.69, 9.17) is 0 Å². The predicted molar refractivity (Wildman–Crippen MR) is 117 cm³/mol. The molecule has 1 aliphatic rings. The summed E-state index contributed by atoms with van der Waals surface area (Å²) in [5, 5.41) is 5.72. The number of rotatable bonds is 3. The summed E-state index contributed by atoms with van der Waals surface area (Å²) in [5.41, 5.74) is 6.31. The molecule has 0 unspecified atom stereocenters. The Balaban J connectivity index is 1.50. The van der Waals surface area contributed by atoms with Crippen LogP contribution in [0, 0.1) is 13.8 Å². The molecular formula is C24H23N3O2. The number of urea groups is 1. The van der Waals surface area contributed by atoms with Gasteiger partial charge < -0.3 is 15.5 Å². The molecule has 1 heterocycles.